The first-order chi connectivity index (χ1) is 9.45. The third-order valence-corrected chi connectivity index (χ3v) is 3.46. The number of nitriles is 1. The minimum absolute atomic E-state index is 0.0715. The first-order valence-corrected chi connectivity index (χ1v) is 7.09. The van der Waals surface area contributed by atoms with Gasteiger partial charge >= 0.3 is 12.0 Å². The van der Waals surface area contributed by atoms with Crippen LogP contribution in [0, 0.1) is 23.2 Å². The number of amides is 2. The molecule has 0 bridgehead atoms. The van der Waals surface area contributed by atoms with Crippen LogP contribution in [0.3, 0.4) is 0 Å². The molecule has 6 heteroatoms. The number of carbonyl (C=O) groups excluding carboxylic acids is 1. The fourth-order valence-electron chi connectivity index (χ4n) is 2.41. The average molecular weight is 281 g/mol. The Labute approximate surface area is 120 Å². The lowest BCUT2D eigenvalue weighted by Crippen LogP contribution is -2.48. The lowest BCUT2D eigenvalue weighted by atomic mass is 9.97. The molecule has 1 N–H and O–H groups in total. The Morgan fingerprint density at radius 3 is 2.45 bits per heavy atom. The van der Waals surface area contributed by atoms with Crippen LogP contribution in [0.15, 0.2) is 0 Å². The Bertz CT molecular complexity index is 382. The molecule has 0 aromatic carbocycles. The highest BCUT2D eigenvalue weighted by Gasteiger charge is 2.29. The number of piperidine rings is 1. The predicted octanol–water partition coefficient (Wildman–Crippen LogP) is 1.77. The minimum Gasteiger partial charge on any atom is -0.481 e. The third-order valence-electron chi connectivity index (χ3n) is 3.46. The standard InChI is InChI=1S/C14H23N3O3/c1-11(2)10-17(7-3-6-15)14(20)16-8-4-12(5-9-16)13(18)19/h11-12H,3-5,7-10H2,1-2H3,(H,18,19). The quantitative estimate of drug-likeness (QED) is 0.832. The molecule has 1 fully saturated rings. The Hall–Kier alpha value is -1.77. The van der Waals surface area contributed by atoms with E-state index in [-0.39, 0.29) is 11.9 Å². The largest absolute Gasteiger partial charge is 0.481 e. The number of carboxylic acid groups (broad SMARTS) is 1. The number of carboxylic acids is 1. The SMILES string of the molecule is CC(C)CN(CCC#N)C(=O)N1CCC(C(=O)O)CC1. The van der Waals surface area contributed by atoms with E-state index in [1.54, 1.807) is 9.80 Å². The Kier molecular flexibility index (Phi) is 6.29. The molecule has 0 spiro atoms. The normalized spacial score (nSPS) is 16.0. The van der Waals surface area contributed by atoms with Crippen LogP contribution in [0.1, 0.15) is 33.1 Å². The molecule has 1 saturated heterocycles. The Morgan fingerprint density at radius 1 is 1.40 bits per heavy atom. The second kappa shape index (κ2) is 7.73. The smallest absolute Gasteiger partial charge is 0.320 e. The molecule has 112 valence electrons. The Balaban J connectivity index is 2.57. The number of nitrogens with zero attached hydrogens (tertiary/aromatic N) is 3. The number of carbonyl (C=O) groups is 2. The first kappa shape index (κ1) is 16.3. The van der Waals surface area contributed by atoms with Crippen LogP contribution in [-0.2, 0) is 4.79 Å². The van der Waals surface area contributed by atoms with Gasteiger partial charge in [0.15, 0.2) is 0 Å². The average Bonchev–Trinajstić information content (AvgIpc) is 2.42. The van der Waals surface area contributed by atoms with Crippen LogP contribution in [0.4, 0.5) is 4.79 Å². The first-order valence-electron chi connectivity index (χ1n) is 7.09. The van der Waals surface area contributed by atoms with Gasteiger partial charge in [0, 0.05) is 26.2 Å². The van der Waals surface area contributed by atoms with Crippen LogP contribution in [-0.4, -0.2) is 53.1 Å². The van der Waals surface area contributed by atoms with Crippen molar-refractivity contribution in [2.75, 3.05) is 26.2 Å². The summed E-state index contributed by atoms with van der Waals surface area (Å²) in [5.74, 6) is -0.772. The number of urea groups is 1. The van der Waals surface area contributed by atoms with E-state index in [2.05, 4.69) is 6.07 Å². The molecule has 2 amide bonds. The molecule has 0 radical (unpaired) electrons. The highest BCUT2D eigenvalue weighted by Crippen LogP contribution is 2.19. The summed E-state index contributed by atoms with van der Waals surface area (Å²) in [5.41, 5.74) is 0. The monoisotopic (exact) mass is 281 g/mol. The minimum atomic E-state index is -0.777. The molecule has 6 nitrogen and oxygen atoms in total. The summed E-state index contributed by atoms with van der Waals surface area (Å²) < 4.78 is 0. The van der Waals surface area contributed by atoms with Gasteiger partial charge in [-0.1, -0.05) is 13.8 Å². The fraction of sp³-hybridized carbons (Fsp3) is 0.786. The van der Waals surface area contributed by atoms with Crippen molar-refractivity contribution >= 4 is 12.0 Å². The molecular weight excluding hydrogens is 258 g/mol. The zero-order valence-electron chi connectivity index (χ0n) is 12.2. The van der Waals surface area contributed by atoms with Crippen molar-refractivity contribution in [3.63, 3.8) is 0 Å². The summed E-state index contributed by atoms with van der Waals surface area (Å²) in [5, 5.41) is 17.6. The van der Waals surface area contributed by atoms with Gasteiger partial charge in [-0.2, -0.15) is 5.26 Å². The van der Waals surface area contributed by atoms with Gasteiger partial charge in [-0.25, -0.2) is 4.79 Å². The number of hydrogen-bond donors (Lipinski definition) is 1. The topological polar surface area (TPSA) is 84.6 Å². The maximum absolute atomic E-state index is 12.4. The molecule has 0 aromatic rings. The summed E-state index contributed by atoms with van der Waals surface area (Å²) in [6, 6.07) is 1.99. The van der Waals surface area contributed by atoms with Gasteiger partial charge in [0.05, 0.1) is 18.4 Å². The summed E-state index contributed by atoms with van der Waals surface area (Å²) in [7, 11) is 0. The lowest BCUT2D eigenvalue weighted by Gasteiger charge is -2.35. The van der Waals surface area contributed by atoms with E-state index >= 15 is 0 Å². The van der Waals surface area contributed by atoms with Gasteiger partial charge in [-0.05, 0) is 18.8 Å². The highest BCUT2D eigenvalue weighted by atomic mass is 16.4. The van der Waals surface area contributed by atoms with Gasteiger partial charge < -0.3 is 14.9 Å². The van der Waals surface area contributed by atoms with Crippen molar-refractivity contribution in [1.29, 1.82) is 5.26 Å². The van der Waals surface area contributed by atoms with Crippen molar-refractivity contribution in [2.24, 2.45) is 11.8 Å². The summed E-state index contributed by atoms with van der Waals surface area (Å²) in [6.45, 7) is 6.09. The van der Waals surface area contributed by atoms with Crippen LogP contribution in [0.25, 0.3) is 0 Å². The number of likely N-dealkylation sites (tertiary alicyclic amines) is 1. The van der Waals surface area contributed by atoms with Gasteiger partial charge in [-0.3, -0.25) is 4.79 Å². The van der Waals surface area contributed by atoms with Crippen LogP contribution in [0.2, 0.25) is 0 Å². The van der Waals surface area contributed by atoms with Crippen molar-refractivity contribution in [3.8, 4) is 6.07 Å². The number of hydrogen-bond acceptors (Lipinski definition) is 3. The van der Waals surface area contributed by atoms with E-state index < -0.39 is 5.97 Å². The molecule has 1 aliphatic heterocycles. The molecule has 0 atom stereocenters. The lowest BCUT2D eigenvalue weighted by molar-refractivity contribution is -0.143. The second-order valence-corrected chi connectivity index (χ2v) is 5.63. The zero-order chi connectivity index (χ0) is 15.1. The molecule has 0 aliphatic carbocycles. The third kappa shape index (κ3) is 4.72. The van der Waals surface area contributed by atoms with Crippen molar-refractivity contribution < 1.29 is 14.7 Å². The van der Waals surface area contributed by atoms with E-state index in [4.69, 9.17) is 10.4 Å². The zero-order valence-corrected chi connectivity index (χ0v) is 12.2. The molecular formula is C14H23N3O3. The molecule has 1 aliphatic rings. The van der Waals surface area contributed by atoms with E-state index in [0.29, 0.717) is 51.4 Å². The molecule has 0 unspecified atom stereocenters. The number of aliphatic carboxylic acids is 1. The van der Waals surface area contributed by atoms with Crippen molar-refractivity contribution in [2.45, 2.75) is 33.1 Å². The van der Waals surface area contributed by atoms with Crippen LogP contribution < -0.4 is 0 Å². The van der Waals surface area contributed by atoms with Crippen molar-refractivity contribution in [1.82, 2.24) is 9.80 Å². The second-order valence-electron chi connectivity index (χ2n) is 5.63. The molecule has 20 heavy (non-hydrogen) atoms. The molecule has 0 saturated carbocycles. The van der Waals surface area contributed by atoms with Crippen molar-refractivity contribution in [3.05, 3.63) is 0 Å². The predicted molar refractivity (Wildman–Crippen MR) is 74.0 cm³/mol. The van der Waals surface area contributed by atoms with Crippen LogP contribution in [0.5, 0.6) is 0 Å². The fourth-order valence-corrected chi connectivity index (χ4v) is 2.41. The van der Waals surface area contributed by atoms with Gasteiger partial charge in [0.1, 0.15) is 0 Å². The van der Waals surface area contributed by atoms with Gasteiger partial charge in [0.25, 0.3) is 0 Å². The highest BCUT2D eigenvalue weighted by molar-refractivity contribution is 5.75. The van der Waals surface area contributed by atoms with E-state index in [1.807, 2.05) is 13.8 Å². The molecule has 0 aromatic heterocycles. The summed E-state index contributed by atoms with van der Waals surface area (Å²) >= 11 is 0. The van der Waals surface area contributed by atoms with E-state index in [0.717, 1.165) is 0 Å². The maximum atomic E-state index is 12.4. The number of rotatable bonds is 5. The van der Waals surface area contributed by atoms with Gasteiger partial charge in [0.2, 0.25) is 0 Å². The van der Waals surface area contributed by atoms with Gasteiger partial charge in [-0.15, -0.1) is 0 Å². The Morgan fingerprint density at radius 2 is 2.00 bits per heavy atom. The summed E-state index contributed by atoms with van der Waals surface area (Å²) in [6.07, 6.45) is 1.34. The maximum Gasteiger partial charge on any atom is 0.320 e. The van der Waals surface area contributed by atoms with E-state index in [1.165, 1.54) is 0 Å². The van der Waals surface area contributed by atoms with E-state index in [9.17, 15) is 9.59 Å². The summed E-state index contributed by atoms with van der Waals surface area (Å²) in [4.78, 5) is 26.7. The molecule has 1 rings (SSSR count). The van der Waals surface area contributed by atoms with Crippen LogP contribution >= 0.6 is 0 Å². The molecule has 1 heterocycles.